The molecule has 0 radical (unpaired) electrons. The highest BCUT2D eigenvalue weighted by atomic mass is 32.1. The standard InChI is InChI=1S/C10H14N2O2S/c1-3-13-10(14-4-2)9-11-7-5-15-6-8(7)12-9/h5-6,10H,3-4H2,1-2H3,(H,11,12). The van der Waals surface area contributed by atoms with Gasteiger partial charge in [0, 0.05) is 24.0 Å². The molecule has 2 rings (SSSR count). The number of H-pyrrole nitrogens is 1. The largest absolute Gasteiger partial charge is 0.346 e. The SMILES string of the molecule is CCOC(OCC)c1nc2cscc2[nH]1. The number of ether oxygens (including phenoxy) is 2. The lowest BCUT2D eigenvalue weighted by molar-refractivity contribution is -0.144. The third-order valence-corrected chi connectivity index (χ3v) is 2.74. The molecule has 1 N–H and O–H groups in total. The van der Waals surface area contributed by atoms with E-state index in [0.717, 1.165) is 16.9 Å². The molecule has 0 spiro atoms. The average Bonchev–Trinajstić information content (AvgIpc) is 2.76. The lowest BCUT2D eigenvalue weighted by Gasteiger charge is -2.13. The number of hydrogen-bond acceptors (Lipinski definition) is 4. The summed E-state index contributed by atoms with van der Waals surface area (Å²) in [4.78, 5) is 7.61. The van der Waals surface area contributed by atoms with Crippen molar-refractivity contribution in [2.24, 2.45) is 0 Å². The minimum absolute atomic E-state index is 0.377. The maximum Gasteiger partial charge on any atom is 0.217 e. The second-order valence-corrected chi connectivity index (χ2v) is 3.78. The topological polar surface area (TPSA) is 47.1 Å². The maximum absolute atomic E-state index is 5.45. The van der Waals surface area contributed by atoms with Gasteiger partial charge in [-0.15, -0.1) is 11.3 Å². The van der Waals surface area contributed by atoms with E-state index in [1.807, 2.05) is 24.6 Å². The van der Waals surface area contributed by atoms with E-state index >= 15 is 0 Å². The first-order chi connectivity index (χ1) is 7.35. The summed E-state index contributed by atoms with van der Waals surface area (Å²) < 4.78 is 10.9. The first-order valence-corrected chi connectivity index (χ1v) is 5.94. The fourth-order valence-electron chi connectivity index (χ4n) is 1.39. The molecule has 4 nitrogen and oxygen atoms in total. The zero-order valence-corrected chi connectivity index (χ0v) is 9.63. The van der Waals surface area contributed by atoms with Gasteiger partial charge >= 0.3 is 0 Å². The Hall–Kier alpha value is -0.910. The molecular weight excluding hydrogens is 212 g/mol. The summed E-state index contributed by atoms with van der Waals surface area (Å²) in [6.45, 7) is 5.10. The van der Waals surface area contributed by atoms with Gasteiger partial charge in [0.15, 0.2) is 5.82 Å². The molecule has 82 valence electrons. The number of imidazole rings is 1. The molecule has 2 heterocycles. The van der Waals surface area contributed by atoms with Gasteiger partial charge < -0.3 is 14.5 Å². The van der Waals surface area contributed by atoms with Gasteiger partial charge in [0.05, 0.1) is 11.0 Å². The van der Waals surface area contributed by atoms with Crippen LogP contribution < -0.4 is 0 Å². The van der Waals surface area contributed by atoms with Crippen LogP contribution in [0.25, 0.3) is 11.0 Å². The summed E-state index contributed by atoms with van der Waals surface area (Å²) in [7, 11) is 0. The molecule has 15 heavy (non-hydrogen) atoms. The molecule has 2 aromatic rings. The zero-order valence-electron chi connectivity index (χ0n) is 8.82. The molecule has 0 saturated carbocycles. The third kappa shape index (κ3) is 2.19. The molecule has 0 unspecified atom stereocenters. The molecule has 0 aliphatic carbocycles. The lowest BCUT2D eigenvalue weighted by Crippen LogP contribution is -2.10. The molecule has 0 atom stereocenters. The Morgan fingerprint density at radius 2 is 2.07 bits per heavy atom. The van der Waals surface area contributed by atoms with Crippen molar-refractivity contribution < 1.29 is 9.47 Å². The first kappa shape index (κ1) is 10.6. The number of hydrogen-bond donors (Lipinski definition) is 1. The molecule has 5 heteroatoms. The maximum atomic E-state index is 5.45. The van der Waals surface area contributed by atoms with E-state index in [2.05, 4.69) is 9.97 Å². The van der Waals surface area contributed by atoms with Crippen LogP contribution in [-0.2, 0) is 9.47 Å². The highest BCUT2D eigenvalue weighted by Gasteiger charge is 2.15. The predicted molar refractivity (Wildman–Crippen MR) is 60.0 cm³/mol. The van der Waals surface area contributed by atoms with E-state index in [-0.39, 0.29) is 6.29 Å². The van der Waals surface area contributed by atoms with Gasteiger partial charge in [0.25, 0.3) is 0 Å². The molecule has 0 aliphatic rings. The molecule has 0 fully saturated rings. The summed E-state index contributed by atoms with van der Waals surface area (Å²) in [6, 6.07) is 0. The Bertz CT molecular complexity index is 389. The molecule has 0 bridgehead atoms. The Labute approximate surface area is 92.2 Å². The summed E-state index contributed by atoms with van der Waals surface area (Å²) in [5.41, 5.74) is 2.01. The van der Waals surface area contributed by atoms with Gasteiger partial charge in [-0.2, -0.15) is 0 Å². The number of aromatic nitrogens is 2. The number of nitrogens with one attached hydrogen (secondary N) is 1. The van der Waals surface area contributed by atoms with Gasteiger partial charge in [-0.05, 0) is 13.8 Å². The fourth-order valence-corrected chi connectivity index (χ4v) is 2.08. The summed E-state index contributed by atoms with van der Waals surface area (Å²) in [5.74, 6) is 0.747. The van der Waals surface area contributed by atoms with Crippen LogP contribution in [0.15, 0.2) is 10.8 Å². The van der Waals surface area contributed by atoms with E-state index < -0.39 is 0 Å². The summed E-state index contributed by atoms with van der Waals surface area (Å²) >= 11 is 1.63. The quantitative estimate of drug-likeness (QED) is 0.797. The minimum Gasteiger partial charge on any atom is -0.346 e. The monoisotopic (exact) mass is 226 g/mol. The van der Waals surface area contributed by atoms with E-state index in [1.54, 1.807) is 11.3 Å². The zero-order chi connectivity index (χ0) is 10.7. The van der Waals surface area contributed by atoms with Crippen molar-refractivity contribution in [3.8, 4) is 0 Å². The van der Waals surface area contributed by atoms with Crippen molar-refractivity contribution in [3.63, 3.8) is 0 Å². The van der Waals surface area contributed by atoms with Gasteiger partial charge in [0.1, 0.15) is 0 Å². The highest BCUT2D eigenvalue weighted by molar-refractivity contribution is 7.09. The predicted octanol–water partition coefficient (Wildman–Crippen LogP) is 2.70. The average molecular weight is 226 g/mol. The molecule has 0 aromatic carbocycles. The number of thiophene rings is 1. The molecular formula is C10H14N2O2S. The van der Waals surface area contributed by atoms with Crippen molar-refractivity contribution in [1.29, 1.82) is 0 Å². The molecule has 0 saturated heterocycles. The number of fused-ring (bicyclic) bond motifs is 1. The van der Waals surface area contributed by atoms with Crippen LogP contribution in [-0.4, -0.2) is 23.2 Å². The number of aromatic amines is 1. The Morgan fingerprint density at radius 1 is 1.33 bits per heavy atom. The van der Waals surface area contributed by atoms with Crippen LogP contribution in [0.3, 0.4) is 0 Å². The van der Waals surface area contributed by atoms with E-state index in [4.69, 9.17) is 9.47 Å². The second-order valence-electron chi connectivity index (χ2n) is 3.04. The van der Waals surface area contributed by atoms with Crippen LogP contribution in [0, 0.1) is 0 Å². The molecule has 0 aliphatic heterocycles. The van der Waals surface area contributed by atoms with Crippen molar-refractivity contribution in [3.05, 3.63) is 16.6 Å². The molecule has 2 aromatic heterocycles. The normalized spacial score (nSPS) is 11.7. The first-order valence-electron chi connectivity index (χ1n) is 5.00. The Morgan fingerprint density at radius 3 is 2.67 bits per heavy atom. The van der Waals surface area contributed by atoms with Gasteiger partial charge in [-0.25, -0.2) is 4.98 Å². The highest BCUT2D eigenvalue weighted by Crippen LogP contribution is 2.22. The van der Waals surface area contributed by atoms with Crippen LogP contribution >= 0.6 is 11.3 Å². The van der Waals surface area contributed by atoms with Crippen LogP contribution in [0.1, 0.15) is 26.0 Å². The van der Waals surface area contributed by atoms with Crippen LogP contribution in [0.4, 0.5) is 0 Å². The van der Waals surface area contributed by atoms with E-state index in [9.17, 15) is 0 Å². The van der Waals surface area contributed by atoms with Crippen molar-refractivity contribution in [2.45, 2.75) is 20.1 Å². The van der Waals surface area contributed by atoms with E-state index in [1.165, 1.54) is 0 Å². The van der Waals surface area contributed by atoms with E-state index in [0.29, 0.717) is 13.2 Å². The van der Waals surface area contributed by atoms with Crippen molar-refractivity contribution >= 4 is 22.4 Å². The van der Waals surface area contributed by atoms with Crippen LogP contribution in [0.2, 0.25) is 0 Å². The second kappa shape index (κ2) is 4.74. The van der Waals surface area contributed by atoms with Gasteiger partial charge in [-0.3, -0.25) is 0 Å². The van der Waals surface area contributed by atoms with Crippen molar-refractivity contribution in [1.82, 2.24) is 9.97 Å². The van der Waals surface area contributed by atoms with Gasteiger partial charge in [0.2, 0.25) is 6.29 Å². The summed E-state index contributed by atoms with van der Waals surface area (Å²) in [6.07, 6.45) is -0.377. The fraction of sp³-hybridized carbons (Fsp3) is 0.500. The summed E-state index contributed by atoms with van der Waals surface area (Å²) in [5, 5.41) is 4.03. The van der Waals surface area contributed by atoms with Gasteiger partial charge in [-0.1, -0.05) is 0 Å². The molecule has 0 amide bonds. The minimum atomic E-state index is -0.377. The number of rotatable bonds is 5. The number of nitrogens with zero attached hydrogens (tertiary/aromatic N) is 1. The lowest BCUT2D eigenvalue weighted by atomic mass is 10.5. The smallest absolute Gasteiger partial charge is 0.217 e. The van der Waals surface area contributed by atoms with Crippen molar-refractivity contribution in [2.75, 3.05) is 13.2 Å². The Kier molecular flexibility index (Phi) is 3.35. The van der Waals surface area contributed by atoms with Crippen LogP contribution in [0.5, 0.6) is 0 Å². The Balaban J connectivity index is 2.22. The third-order valence-electron chi connectivity index (χ3n) is 2.00.